The van der Waals surface area contributed by atoms with Crippen molar-refractivity contribution >= 4 is 11.8 Å². The Morgan fingerprint density at radius 2 is 1.62 bits per heavy atom. The molecule has 1 heterocycles. The molecular formula is C16H23N3O2. The average molecular weight is 289 g/mol. The minimum atomic E-state index is -1.02. The summed E-state index contributed by atoms with van der Waals surface area (Å²) in [5.41, 5.74) is -2.19. The molecule has 0 radical (unpaired) electrons. The Morgan fingerprint density at radius 1 is 1.14 bits per heavy atom. The Bertz CT molecular complexity index is 508. The molecule has 21 heavy (non-hydrogen) atoms. The highest BCUT2D eigenvalue weighted by molar-refractivity contribution is 5.89. The molecule has 0 aromatic rings. The third-order valence-electron chi connectivity index (χ3n) is 3.84. The van der Waals surface area contributed by atoms with Gasteiger partial charge in [-0.1, -0.05) is 13.2 Å². The lowest BCUT2D eigenvalue weighted by atomic mass is 9.69. The highest BCUT2D eigenvalue weighted by Crippen LogP contribution is 2.43. The topological polar surface area (TPSA) is 73.2 Å². The van der Waals surface area contributed by atoms with Crippen molar-refractivity contribution in [2.24, 2.45) is 0 Å². The van der Waals surface area contributed by atoms with Crippen LogP contribution in [0, 0.1) is 11.3 Å². The number of hydrogen-bond acceptors (Lipinski definition) is 3. The van der Waals surface area contributed by atoms with Crippen LogP contribution in [0.1, 0.15) is 40.5 Å². The number of carbonyl (C=O) groups is 2. The number of nitrogens with one attached hydrogen (secondary N) is 1. The number of amides is 2. The van der Waals surface area contributed by atoms with Gasteiger partial charge in [-0.3, -0.25) is 9.59 Å². The van der Waals surface area contributed by atoms with Crippen LogP contribution in [0.2, 0.25) is 0 Å². The van der Waals surface area contributed by atoms with Gasteiger partial charge in [0.1, 0.15) is 5.54 Å². The predicted octanol–water partition coefficient (Wildman–Crippen LogP) is 1.92. The second-order valence-electron chi connectivity index (χ2n) is 6.74. The van der Waals surface area contributed by atoms with Gasteiger partial charge in [0, 0.05) is 23.9 Å². The van der Waals surface area contributed by atoms with E-state index >= 15 is 0 Å². The zero-order valence-corrected chi connectivity index (χ0v) is 13.2. The van der Waals surface area contributed by atoms with Crippen LogP contribution in [0.25, 0.3) is 0 Å². The van der Waals surface area contributed by atoms with Crippen LogP contribution in [-0.4, -0.2) is 33.3 Å². The van der Waals surface area contributed by atoms with Crippen LogP contribution in [-0.2, 0) is 9.59 Å². The summed E-state index contributed by atoms with van der Waals surface area (Å²) in [6.07, 6.45) is 3.13. The average Bonchev–Trinajstić information content (AvgIpc) is 2.35. The van der Waals surface area contributed by atoms with Gasteiger partial charge < -0.3 is 10.2 Å². The zero-order valence-electron chi connectivity index (χ0n) is 13.2. The van der Waals surface area contributed by atoms with E-state index in [0.29, 0.717) is 12.8 Å². The Kier molecular flexibility index (Phi) is 4.33. The lowest BCUT2D eigenvalue weighted by Crippen LogP contribution is -2.70. The fraction of sp³-hybridized carbons (Fsp3) is 0.562. The first-order valence-electron chi connectivity index (χ1n) is 6.86. The summed E-state index contributed by atoms with van der Waals surface area (Å²) in [5, 5.41) is 12.3. The van der Waals surface area contributed by atoms with E-state index < -0.39 is 16.6 Å². The molecule has 5 nitrogen and oxygen atoms in total. The Hall–Kier alpha value is -2.09. The molecule has 0 aromatic carbocycles. The summed E-state index contributed by atoms with van der Waals surface area (Å²) in [7, 11) is 0. The van der Waals surface area contributed by atoms with E-state index in [1.54, 1.807) is 4.90 Å². The fourth-order valence-corrected chi connectivity index (χ4v) is 3.69. The van der Waals surface area contributed by atoms with E-state index in [1.807, 2.05) is 27.7 Å². The zero-order chi connectivity index (χ0) is 16.5. The maximum Gasteiger partial charge on any atom is 0.246 e. The van der Waals surface area contributed by atoms with E-state index in [9.17, 15) is 14.9 Å². The van der Waals surface area contributed by atoms with Gasteiger partial charge in [0.2, 0.25) is 11.8 Å². The van der Waals surface area contributed by atoms with E-state index in [1.165, 1.54) is 6.08 Å². The quantitative estimate of drug-likeness (QED) is 0.807. The van der Waals surface area contributed by atoms with Crippen LogP contribution in [0.3, 0.4) is 0 Å². The lowest BCUT2D eigenvalue weighted by Gasteiger charge is -2.57. The molecule has 0 unspecified atom stereocenters. The minimum absolute atomic E-state index is 0.174. The summed E-state index contributed by atoms with van der Waals surface area (Å²) in [6, 6.07) is 2.23. The summed E-state index contributed by atoms with van der Waals surface area (Å²) in [4.78, 5) is 25.6. The van der Waals surface area contributed by atoms with Crippen LogP contribution < -0.4 is 5.32 Å². The normalized spacial score (nSPS) is 21.8. The second-order valence-corrected chi connectivity index (χ2v) is 6.74. The van der Waals surface area contributed by atoms with Gasteiger partial charge in [-0.05, 0) is 39.8 Å². The van der Waals surface area contributed by atoms with Gasteiger partial charge in [0.15, 0.2) is 0 Å². The predicted molar refractivity (Wildman–Crippen MR) is 81.1 cm³/mol. The Morgan fingerprint density at radius 3 is 1.95 bits per heavy atom. The summed E-state index contributed by atoms with van der Waals surface area (Å²) < 4.78 is 0. The van der Waals surface area contributed by atoms with Crippen molar-refractivity contribution in [2.75, 3.05) is 0 Å². The first-order valence-corrected chi connectivity index (χ1v) is 6.86. The highest BCUT2D eigenvalue weighted by Gasteiger charge is 2.54. The molecule has 5 heteroatoms. The molecule has 114 valence electrons. The fourth-order valence-electron chi connectivity index (χ4n) is 3.69. The van der Waals surface area contributed by atoms with Crippen molar-refractivity contribution in [1.29, 1.82) is 5.26 Å². The number of piperidine rings is 1. The van der Waals surface area contributed by atoms with Gasteiger partial charge in [0.05, 0.1) is 6.07 Å². The van der Waals surface area contributed by atoms with Crippen molar-refractivity contribution < 1.29 is 9.59 Å². The van der Waals surface area contributed by atoms with Gasteiger partial charge in [0.25, 0.3) is 0 Å². The molecule has 1 aliphatic heterocycles. The Balaban J connectivity index is 3.28. The molecule has 0 aromatic heterocycles. The van der Waals surface area contributed by atoms with Crippen molar-refractivity contribution in [2.45, 2.75) is 57.2 Å². The number of nitriles is 1. The minimum Gasteiger partial charge on any atom is -0.334 e. The molecule has 0 atom stereocenters. The van der Waals surface area contributed by atoms with E-state index in [0.717, 1.165) is 6.08 Å². The first kappa shape index (κ1) is 17.0. The highest BCUT2D eigenvalue weighted by atomic mass is 16.2. The summed E-state index contributed by atoms with van der Waals surface area (Å²) in [6.45, 7) is 14.5. The number of likely N-dealkylation sites (tertiary alicyclic amines) is 1. The molecule has 1 N–H and O–H groups in total. The number of nitrogens with zero attached hydrogens (tertiary/aromatic N) is 2. The maximum atomic E-state index is 12.2. The van der Waals surface area contributed by atoms with E-state index in [-0.39, 0.29) is 11.8 Å². The first-order chi connectivity index (χ1) is 9.53. The second kappa shape index (κ2) is 5.36. The molecule has 0 saturated carbocycles. The third-order valence-corrected chi connectivity index (χ3v) is 3.84. The van der Waals surface area contributed by atoms with Crippen molar-refractivity contribution in [3.05, 3.63) is 25.3 Å². The van der Waals surface area contributed by atoms with Crippen LogP contribution in [0.5, 0.6) is 0 Å². The number of carbonyl (C=O) groups excluding carboxylic acids is 2. The standard InChI is InChI=1S/C16H23N3O2/c1-7-12(20)18-16(11-17)9-14(3,4)19(13(21)8-2)15(5,6)10-16/h7-8H,1-2,9-10H2,3-6H3,(H,18,20). The molecule has 0 spiro atoms. The van der Waals surface area contributed by atoms with E-state index in [4.69, 9.17) is 0 Å². The van der Waals surface area contributed by atoms with Gasteiger partial charge in [-0.25, -0.2) is 0 Å². The summed E-state index contributed by atoms with van der Waals surface area (Å²) in [5.74, 6) is -0.557. The molecule has 1 fully saturated rings. The Labute approximate surface area is 126 Å². The molecule has 1 rings (SSSR count). The largest absolute Gasteiger partial charge is 0.334 e. The van der Waals surface area contributed by atoms with Gasteiger partial charge in [-0.15, -0.1) is 0 Å². The van der Waals surface area contributed by atoms with Gasteiger partial charge in [-0.2, -0.15) is 5.26 Å². The van der Waals surface area contributed by atoms with E-state index in [2.05, 4.69) is 24.5 Å². The SMILES string of the molecule is C=CC(=O)NC1(C#N)CC(C)(C)N(C(=O)C=C)C(C)(C)C1. The maximum absolute atomic E-state index is 12.2. The number of hydrogen-bond donors (Lipinski definition) is 1. The molecule has 0 bridgehead atoms. The third kappa shape index (κ3) is 3.15. The van der Waals surface area contributed by atoms with Crippen LogP contribution in [0.4, 0.5) is 0 Å². The molecule has 0 aliphatic carbocycles. The monoisotopic (exact) mass is 289 g/mol. The van der Waals surface area contributed by atoms with Crippen LogP contribution in [0.15, 0.2) is 25.3 Å². The number of rotatable bonds is 3. The van der Waals surface area contributed by atoms with Crippen LogP contribution >= 0.6 is 0 Å². The van der Waals surface area contributed by atoms with Crippen molar-refractivity contribution in [3.8, 4) is 6.07 Å². The lowest BCUT2D eigenvalue weighted by molar-refractivity contribution is -0.146. The molecular weight excluding hydrogens is 266 g/mol. The molecule has 2 amide bonds. The van der Waals surface area contributed by atoms with Crippen molar-refractivity contribution in [3.63, 3.8) is 0 Å². The molecule has 1 aliphatic rings. The summed E-state index contributed by atoms with van der Waals surface area (Å²) >= 11 is 0. The molecule has 1 saturated heterocycles. The smallest absolute Gasteiger partial charge is 0.246 e. The van der Waals surface area contributed by atoms with Gasteiger partial charge >= 0.3 is 0 Å². The van der Waals surface area contributed by atoms with Crippen molar-refractivity contribution in [1.82, 2.24) is 10.2 Å².